The second kappa shape index (κ2) is 7.02. The minimum Gasteiger partial charge on any atom is -0.459 e. The zero-order valence-electron chi connectivity index (χ0n) is 16.6. The number of hydrogen-bond acceptors (Lipinski definition) is 5. The third-order valence-corrected chi connectivity index (χ3v) is 6.44. The lowest BCUT2D eigenvalue weighted by molar-refractivity contribution is -0.0992. The average Bonchev–Trinajstić information content (AvgIpc) is 3.29. The van der Waals surface area contributed by atoms with Crippen LogP contribution in [0.5, 0.6) is 0 Å². The lowest BCUT2D eigenvalue weighted by atomic mass is 9.83. The number of carbonyl (C=O) groups excluding carboxylic acids is 2. The number of nitrogens with one attached hydrogen (secondary N) is 1. The Labute approximate surface area is 169 Å². The minimum absolute atomic E-state index is 0.0727. The molecule has 29 heavy (non-hydrogen) atoms. The molecule has 2 aromatic heterocycles. The van der Waals surface area contributed by atoms with Crippen molar-refractivity contribution in [2.75, 3.05) is 19.6 Å². The van der Waals surface area contributed by atoms with E-state index in [0.717, 1.165) is 30.6 Å². The summed E-state index contributed by atoms with van der Waals surface area (Å²) in [6.07, 6.45) is 6.15. The summed E-state index contributed by atoms with van der Waals surface area (Å²) < 4.78 is 13.4. The maximum absolute atomic E-state index is 12.6. The molecule has 8 heteroatoms. The molecule has 8 nitrogen and oxygen atoms in total. The van der Waals surface area contributed by atoms with Crippen molar-refractivity contribution in [2.45, 2.75) is 44.3 Å². The van der Waals surface area contributed by atoms with Crippen LogP contribution in [0.1, 0.15) is 58.0 Å². The summed E-state index contributed by atoms with van der Waals surface area (Å²) in [6.45, 7) is 2.37. The molecule has 4 heterocycles. The van der Waals surface area contributed by atoms with Gasteiger partial charge < -0.3 is 19.4 Å². The van der Waals surface area contributed by atoms with Crippen LogP contribution >= 0.6 is 0 Å². The van der Waals surface area contributed by atoms with Gasteiger partial charge in [0.25, 0.3) is 11.8 Å². The van der Waals surface area contributed by atoms with E-state index in [1.54, 1.807) is 12.1 Å². The molecule has 154 valence electrons. The van der Waals surface area contributed by atoms with Crippen LogP contribution in [0.2, 0.25) is 0 Å². The van der Waals surface area contributed by atoms with E-state index in [9.17, 15) is 9.59 Å². The number of amides is 2. The van der Waals surface area contributed by atoms with Crippen molar-refractivity contribution < 1.29 is 18.7 Å². The summed E-state index contributed by atoms with van der Waals surface area (Å²) in [5.74, 6) is 0.831. The Morgan fingerprint density at radius 1 is 1.31 bits per heavy atom. The number of rotatable bonds is 4. The quantitative estimate of drug-likeness (QED) is 0.850. The van der Waals surface area contributed by atoms with Crippen LogP contribution in [0.4, 0.5) is 0 Å². The molecule has 2 fully saturated rings. The monoisotopic (exact) mass is 398 g/mol. The Balaban J connectivity index is 1.26. The predicted molar refractivity (Wildman–Crippen MR) is 103 cm³/mol. The molecule has 1 N–H and O–H groups in total. The fourth-order valence-corrected chi connectivity index (χ4v) is 4.38. The van der Waals surface area contributed by atoms with Crippen LogP contribution in [0.25, 0.3) is 0 Å². The molecule has 1 saturated carbocycles. The van der Waals surface area contributed by atoms with Gasteiger partial charge in [-0.15, -0.1) is 0 Å². The molecule has 1 spiro atoms. The normalized spacial score (nSPS) is 20.5. The molecule has 2 amide bonds. The maximum atomic E-state index is 12.6. The first-order valence-electron chi connectivity index (χ1n) is 10.3. The topological polar surface area (TPSA) is 89.6 Å². The molecule has 0 atom stereocenters. The second-order valence-corrected chi connectivity index (χ2v) is 8.47. The number of furan rings is 1. The molecule has 0 bridgehead atoms. The highest BCUT2D eigenvalue weighted by Crippen LogP contribution is 2.37. The number of fused-ring (bicyclic) bond motifs is 1. The summed E-state index contributed by atoms with van der Waals surface area (Å²) in [6, 6.07) is 3.42. The number of piperidine rings is 1. The average molecular weight is 398 g/mol. The summed E-state index contributed by atoms with van der Waals surface area (Å²) in [5, 5.41) is 7.50. The Kier molecular flexibility index (Phi) is 4.46. The molecular weight excluding hydrogens is 372 g/mol. The van der Waals surface area contributed by atoms with Crippen molar-refractivity contribution in [2.24, 2.45) is 13.0 Å². The van der Waals surface area contributed by atoms with Crippen molar-refractivity contribution in [3.8, 4) is 0 Å². The van der Waals surface area contributed by atoms with Crippen molar-refractivity contribution in [1.82, 2.24) is 20.0 Å². The van der Waals surface area contributed by atoms with Crippen molar-refractivity contribution in [3.05, 3.63) is 41.1 Å². The van der Waals surface area contributed by atoms with Crippen LogP contribution in [0, 0.1) is 5.92 Å². The van der Waals surface area contributed by atoms with Gasteiger partial charge in [-0.25, -0.2) is 0 Å². The molecule has 0 radical (unpaired) electrons. The molecule has 1 saturated heterocycles. The molecule has 0 unspecified atom stereocenters. The van der Waals surface area contributed by atoms with Gasteiger partial charge in [0.1, 0.15) is 0 Å². The van der Waals surface area contributed by atoms with E-state index in [4.69, 9.17) is 9.15 Å². The fraction of sp³-hybridized carbons (Fsp3) is 0.571. The third kappa shape index (κ3) is 3.46. The van der Waals surface area contributed by atoms with Gasteiger partial charge in [0.05, 0.1) is 18.5 Å². The highest BCUT2D eigenvalue weighted by molar-refractivity contribution is 5.94. The van der Waals surface area contributed by atoms with Crippen LogP contribution in [-0.2, 0) is 24.8 Å². The van der Waals surface area contributed by atoms with Crippen LogP contribution in [0.15, 0.2) is 22.8 Å². The Hall–Kier alpha value is -2.61. The smallest absolute Gasteiger partial charge is 0.289 e. The van der Waals surface area contributed by atoms with E-state index < -0.39 is 0 Å². The Morgan fingerprint density at radius 3 is 2.79 bits per heavy atom. The number of aryl methyl sites for hydroxylation is 1. The standard InChI is InChI=1S/C21H26N4O4/c1-24-16-11-21(6-8-25(9-7-21)20(27)17-3-2-10-28-17)29-13-15(16)18(23-24)19(26)22-12-14-4-5-14/h2-3,10,14H,4-9,11-13H2,1H3,(H,22,26). The summed E-state index contributed by atoms with van der Waals surface area (Å²) >= 11 is 0. The number of ether oxygens (including phenoxy) is 1. The van der Waals surface area contributed by atoms with Crippen LogP contribution in [0.3, 0.4) is 0 Å². The van der Waals surface area contributed by atoms with Crippen molar-refractivity contribution >= 4 is 11.8 Å². The zero-order chi connectivity index (χ0) is 20.0. The largest absolute Gasteiger partial charge is 0.459 e. The van der Waals surface area contributed by atoms with Crippen molar-refractivity contribution in [3.63, 3.8) is 0 Å². The van der Waals surface area contributed by atoms with E-state index in [1.165, 1.54) is 19.1 Å². The number of likely N-dealkylation sites (tertiary alicyclic amines) is 1. The summed E-state index contributed by atoms with van der Waals surface area (Å²) in [5.41, 5.74) is 2.16. The van der Waals surface area contributed by atoms with Gasteiger partial charge in [0, 0.05) is 44.4 Å². The Bertz CT molecular complexity index is 921. The minimum atomic E-state index is -0.303. The lowest BCUT2D eigenvalue weighted by Crippen LogP contribution is -2.50. The first kappa shape index (κ1) is 18.4. The van der Waals surface area contributed by atoms with Crippen molar-refractivity contribution in [1.29, 1.82) is 0 Å². The number of hydrogen-bond donors (Lipinski definition) is 1. The SMILES string of the molecule is Cn1nc(C(=O)NCC2CC2)c2c1CC1(CCN(C(=O)c3ccco3)CC1)OC2. The van der Waals surface area contributed by atoms with E-state index >= 15 is 0 Å². The molecule has 1 aliphatic carbocycles. The maximum Gasteiger partial charge on any atom is 0.289 e. The van der Waals surface area contributed by atoms with Gasteiger partial charge in [-0.2, -0.15) is 5.10 Å². The molecule has 2 aromatic rings. The summed E-state index contributed by atoms with van der Waals surface area (Å²) in [4.78, 5) is 26.9. The van der Waals surface area contributed by atoms with Gasteiger partial charge in [0.15, 0.2) is 11.5 Å². The lowest BCUT2D eigenvalue weighted by Gasteiger charge is -2.43. The van der Waals surface area contributed by atoms with Gasteiger partial charge in [-0.1, -0.05) is 0 Å². The Morgan fingerprint density at radius 2 is 2.10 bits per heavy atom. The summed E-state index contributed by atoms with van der Waals surface area (Å²) in [7, 11) is 1.89. The number of carbonyl (C=O) groups is 2. The zero-order valence-corrected chi connectivity index (χ0v) is 16.6. The molecule has 2 aliphatic heterocycles. The highest BCUT2D eigenvalue weighted by Gasteiger charge is 2.42. The predicted octanol–water partition coefficient (Wildman–Crippen LogP) is 1.90. The first-order valence-corrected chi connectivity index (χ1v) is 10.3. The van der Waals surface area contributed by atoms with Crippen LogP contribution < -0.4 is 5.32 Å². The van der Waals surface area contributed by atoms with E-state index in [2.05, 4.69) is 10.4 Å². The second-order valence-electron chi connectivity index (χ2n) is 8.47. The van der Waals surface area contributed by atoms with Gasteiger partial charge in [-0.05, 0) is 43.7 Å². The first-order chi connectivity index (χ1) is 14.0. The molecular formula is C21H26N4O4. The van der Waals surface area contributed by atoms with E-state index in [-0.39, 0.29) is 17.4 Å². The van der Waals surface area contributed by atoms with E-state index in [0.29, 0.717) is 43.5 Å². The molecule has 5 rings (SSSR count). The number of aromatic nitrogens is 2. The fourth-order valence-electron chi connectivity index (χ4n) is 4.38. The number of nitrogens with zero attached hydrogens (tertiary/aromatic N) is 3. The van der Waals surface area contributed by atoms with Gasteiger partial charge in [-0.3, -0.25) is 14.3 Å². The third-order valence-electron chi connectivity index (χ3n) is 6.44. The van der Waals surface area contributed by atoms with Gasteiger partial charge >= 0.3 is 0 Å². The van der Waals surface area contributed by atoms with Gasteiger partial charge in [0.2, 0.25) is 0 Å². The molecule has 0 aromatic carbocycles. The highest BCUT2D eigenvalue weighted by atomic mass is 16.5. The van der Waals surface area contributed by atoms with Crippen LogP contribution in [-0.4, -0.2) is 51.7 Å². The molecule has 3 aliphatic rings. The van der Waals surface area contributed by atoms with E-state index in [1.807, 2.05) is 16.6 Å².